The Morgan fingerprint density at radius 1 is 1.41 bits per heavy atom. The second-order valence-corrected chi connectivity index (χ2v) is 5.85. The molecule has 1 rings (SSSR count). The molecular weight excluding hydrogens is 238 g/mol. The predicted molar refractivity (Wildman–Crippen MR) is 68.0 cm³/mol. The highest BCUT2D eigenvalue weighted by Crippen LogP contribution is 2.12. The molecule has 0 aliphatic heterocycles. The third-order valence-corrected chi connectivity index (χ3v) is 4.10. The van der Waals surface area contributed by atoms with Gasteiger partial charge in [-0.05, 0) is 12.5 Å². The van der Waals surface area contributed by atoms with Crippen molar-refractivity contribution in [2.75, 3.05) is 6.54 Å². The first-order valence-electron chi connectivity index (χ1n) is 5.86. The molecule has 1 aromatic heterocycles. The summed E-state index contributed by atoms with van der Waals surface area (Å²) in [6.45, 7) is 2.91. The van der Waals surface area contributed by atoms with Gasteiger partial charge >= 0.3 is 0 Å². The maximum Gasteiger partial charge on any atom is 0.242 e. The van der Waals surface area contributed by atoms with Crippen LogP contribution >= 0.6 is 0 Å². The third-order valence-electron chi connectivity index (χ3n) is 2.67. The number of aryl methyl sites for hydroxylation is 1. The molecule has 98 valence electrons. The van der Waals surface area contributed by atoms with Crippen LogP contribution in [-0.2, 0) is 23.6 Å². The summed E-state index contributed by atoms with van der Waals surface area (Å²) in [6.07, 6.45) is 4.56. The van der Waals surface area contributed by atoms with Gasteiger partial charge in [-0.15, -0.1) is 0 Å². The molecule has 1 aromatic rings. The zero-order valence-corrected chi connectivity index (χ0v) is 11.3. The Kier molecular flexibility index (Phi) is 5.17. The van der Waals surface area contributed by atoms with Gasteiger partial charge in [0.15, 0.2) is 0 Å². The molecule has 0 radical (unpaired) electrons. The fourth-order valence-electron chi connectivity index (χ4n) is 1.59. The minimum absolute atomic E-state index is 0.289. The summed E-state index contributed by atoms with van der Waals surface area (Å²) >= 11 is 0. The minimum Gasteiger partial charge on any atom is -0.352 e. The highest BCUT2D eigenvalue weighted by Gasteiger charge is 2.16. The summed E-state index contributed by atoms with van der Waals surface area (Å²) < 4.78 is 28.2. The fraction of sp³-hybridized carbons (Fsp3) is 0.636. The third kappa shape index (κ3) is 3.83. The summed E-state index contributed by atoms with van der Waals surface area (Å²) in [7, 11) is -1.59. The maximum atomic E-state index is 11.9. The van der Waals surface area contributed by atoms with Gasteiger partial charge in [-0.25, -0.2) is 13.1 Å². The van der Waals surface area contributed by atoms with Crippen molar-refractivity contribution in [3.63, 3.8) is 0 Å². The molecule has 0 saturated carbocycles. The summed E-state index contributed by atoms with van der Waals surface area (Å²) in [5.74, 6) is 0. The van der Waals surface area contributed by atoms with Gasteiger partial charge in [-0.3, -0.25) is 0 Å². The van der Waals surface area contributed by atoms with Gasteiger partial charge in [-0.2, -0.15) is 0 Å². The fourth-order valence-corrected chi connectivity index (χ4v) is 2.76. The Bertz CT molecular complexity index is 451. The molecule has 0 fully saturated rings. The molecule has 0 aliphatic rings. The van der Waals surface area contributed by atoms with Crippen molar-refractivity contribution >= 4 is 10.0 Å². The SMILES string of the molecule is CCCCCNS(=O)(=O)c1cc(CN)n(C)c1. The summed E-state index contributed by atoms with van der Waals surface area (Å²) in [4.78, 5) is 0.289. The van der Waals surface area contributed by atoms with E-state index < -0.39 is 10.0 Å². The summed E-state index contributed by atoms with van der Waals surface area (Å²) in [5.41, 5.74) is 6.32. The number of nitrogens with zero attached hydrogens (tertiary/aromatic N) is 1. The molecule has 0 aromatic carbocycles. The molecule has 0 unspecified atom stereocenters. The lowest BCUT2D eigenvalue weighted by molar-refractivity contribution is 0.576. The zero-order valence-electron chi connectivity index (χ0n) is 10.4. The van der Waals surface area contributed by atoms with Crippen molar-refractivity contribution in [2.45, 2.75) is 37.6 Å². The van der Waals surface area contributed by atoms with Crippen LogP contribution in [0.25, 0.3) is 0 Å². The molecule has 0 atom stereocenters. The molecule has 3 N–H and O–H groups in total. The molecule has 0 spiro atoms. The molecule has 0 amide bonds. The number of unbranched alkanes of at least 4 members (excludes halogenated alkanes) is 2. The van der Waals surface area contributed by atoms with Gasteiger partial charge in [0.1, 0.15) is 0 Å². The largest absolute Gasteiger partial charge is 0.352 e. The van der Waals surface area contributed by atoms with Crippen LogP contribution in [0.2, 0.25) is 0 Å². The lowest BCUT2D eigenvalue weighted by Crippen LogP contribution is -2.24. The second-order valence-electron chi connectivity index (χ2n) is 4.09. The van der Waals surface area contributed by atoms with Gasteiger partial charge in [0, 0.05) is 32.0 Å². The lowest BCUT2D eigenvalue weighted by Gasteiger charge is -2.03. The van der Waals surface area contributed by atoms with E-state index in [1.165, 1.54) is 0 Å². The highest BCUT2D eigenvalue weighted by molar-refractivity contribution is 7.89. The van der Waals surface area contributed by atoms with E-state index in [-0.39, 0.29) is 4.90 Å². The average molecular weight is 259 g/mol. The van der Waals surface area contributed by atoms with Gasteiger partial charge in [0.25, 0.3) is 0 Å². The van der Waals surface area contributed by atoms with Crippen LogP contribution in [0.5, 0.6) is 0 Å². The van der Waals surface area contributed by atoms with Crippen LogP contribution in [0, 0.1) is 0 Å². The zero-order chi connectivity index (χ0) is 12.9. The van der Waals surface area contributed by atoms with Crippen LogP contribution in [0.15, 0.2) is 17.2 Å². The predicted octanol–water partition coefficient (Wildman–Crippen LogP) is 0.952. The summed E-state index contributed by atoms with van der Waals surface area (Å²) in [5, 5.41) is 0. The van der Waals surface area contributed by atoms with E-state index in [1.54, 1.807) is 23.9 Å². The Hall–Kier alpha value is -0.850. The van der Waals surface area contributed by atoms with Crippen molar-refractivity contribution in [2.24, 2.45) is 12.8 Å². The van der Waals surface area contributed by atoms with Gasteiger partial charge in [-0.1, -0.05) is 19.8 Å². The van der Waals surface area contributed by atoms with E-state index in [1.807, 2.05) is 0 Å². The molecule has 0 saturated heterocycles. The van der Waals surface area contributed by atoms with Crippen molar-refractivity contribution in [1.29, 1.82) is 0 Å². The quantitative estimate of drug-likeness (QED) is 0.716. The van der Waals surface area contributed by atoms with E-state index >= 15 is 0 Å². The second kappa shape index (κ2) is 6.18. The van der Waals surface area contributed by atoms with Crippen LogP contribution in [0.4, 0.5) is 0 Å². The van der Waals surface area contributed by atoms with E-state index in [4.69, 9.17) is 5.73 Å². The Morgan fingerprint density at radius 3 is 2.65 bits per heavy atom. The number of hydrogen-bond donors (Lipinski definition) is 2. The topological polar surface area (TPSA) is 77.1 Å². The van der Waals surface area contributed by atoms with Crippen molar-refractivity contribution in [1.82, 2.24) is 9.29 Å². The summed E-state index contributed by atoms with van der Waals surface area (Å²) in [6, 6.07) is 1.61. The molecule has 5 nitrogen and oxygen atoms in total. The van der Waals surface area contributed by atoms with E-state index in [2.05, 4.69) is 11.6 Å². The van der Waals surface area contributed by atoms with Crippen LogP contribution in [0.3, 0.4) is 0 Å². The van der Waals surface area contributed by atoms with Gasteiger partial charge in [0.2, 0.25) is 10.0 Å². The van der Waals surface area contributed by atoms with Crippen molar-refractivity contribution < 1.29 is 8.42 Å². The standard InChI is InChI=1S/C11H21N3O2S/c1-3-4-5-6-13-17(15,16)11-7-10(8-12)14(2)9-11/h7,9,13H,3-6,8,12H2,1-2H3. The normalized spacial score (nSPS) is 11.9. The highest BCUT2D eigenvalue weighted by atomic mass is 32.2. The number of sulfonamides is 1. The Morgan fingerprint density at radius 2 is 2.12 bits per heavy atom. The average Bonchev–Trinajstić information content (AvgIpc) is 2.67. The monoisotopic (exact) mass is 259 g/mol. The first-order chi connectivity index (χ1) is 8.01. The Labute approximate surface area is 103 Å². The number of aromatic nitrogens is 1. The molecule has 17 heavy (non-hydrogen) atoms. The maximum absolute atomic E-state index is 11.9. The van der Waals surface area contributed by atoms with Crippen molar-refractivity contribution in [3.05, 3.63) is 18.0 Å². The van der Waals surface area contributed by atoms with Crippen LogP contribution in [-0.4, -0.2) is 19.5 Å². The smallest absolute Gasteiger partial charge is 0.242 e. The number of nitrogens with two attached hydrogens (primary N) is 1. The molecule has 0 aliphatic carbocycles. The lowest BCUT2D eigenvalue weighted by atomic mass is 10.3. The van der Waals surface area contributed by atoms with Crippen LogP contribution in [0.1, 0.15) is 31.9 Å². The number of nitrogens with one attached hydrogen (secondary N) is 1. The first kappa shape index (κ1) is 14.2. The number of rotatable bonds is 7. The minimum atomic E-state index is -3.38. The molecule has 1 heterocycles. The number of hydrogen-bond acceptors (Lipinski definition) is 3. The Balaban J connectivity index is 2.69. The van der Waals surface area contributed by atoms with Gasteiger partial charge < -0.3 is 10.3 Å². The van der Waals surface area contributed by atoms with Crippen LogP contribution < -0.4 is 10.5 Å². The first-order valence-corrected chi connectivity index (χ1v) is 7.34. The molecule has 0 bridgehead atoms. The van der Waals surface area contributed by atoms with E-state index in [9.17, 15) is 8.42 Å². The molecule has 6 heteroatoms. The molecular formula is C11H21N3O2S. The van der Waals surface area contributed by atoms with Crippen molar-refractivity contribution in [3.8, 4) is 0 Å². The van der Waals surface area contributed by atoms with Gasteiger partial charge in [0.05, 0.1) is 4.90 Å². The van der Waals surface area contributed by atoms with E-state index in [0.717, 1.165) is 25.0 Å². The van der Waals surface area contributed by atoms with E-state index in [0.29, 0.717) is 13.1 Å².